The standard InChI is InChI=1S/C19H24N2O5/c1-14(22)26-17-5-2-4-16(13-17)19(24)21-9-3-8-20-18(23)12-15-6-10-25-11-7-15/h2,4-5,12-13H,3,6-11H2,1H3,(H,20,23)(H,21,24). The first-order chi connectivity index (χ1) is 12.5. The van der Waals surface area contributed by atoms with Crippen LogP contribution in [0.4, 0.5) is 0 Å². The number of rotatable bonds is 7. The summed E-state index contributed by atoms with van der Waals surface area (Å²) in [6, 6.07) is 6.42. The highest BCUT2D eigenvalue weighted by atomic mass is 16.5. The van der Waals surface area contributed by atoms with Crippen LogP contribution >= 0.6 is 0 Å². The lowest BCUT2D eigenvalue weighted by molar-refractivity contribution is -0.131. The van der Waals surface area contributed by atoms with Crippen molar-refractivity contribution in [3.8, 4) is 5.75 Å². The van der Waals surface area contributed by atoms with E-state index in [1.165, 1.54) is 13.0 Å². The van der Waals surface area contributed by atoms with Crippen LogP contribution in [0.25, 0.3) is 0 Å². The van der Waals surface area contributed by atoms with Crippen molar-refractivity contribution < 1.29 is 23.9 Å². The minimum absolute atomic E-state index is 0.109. The van der Waals surface area contributed by atoms with Crippen LogP contribution in [0.3, 0.4) is 0 Å². The van der Waals surface area contributed by atoms with Gasteiger partial charge in [0.1, 0.15) is 5.75 Å². The van der Waals surface area contributed by atoms with E-state index in [0.717, 1.165) is 18.4 Å². The van der Waals surface area contributed by atoms with Crippen LogP contribution in [0.5, 0.6) is 5.75 Å². The molecule has 1 heterocycles. The highest BCUT2D eigenvalue weighted by Crippen LogP contribution is 2.14. The molecule has 0 aromatic heterocycles. The third kappa shape index (κ3) is 7.06. The first-order valence-electron chi connectivity index (χ1n) is 8.66. The van der Waals surface area contributed by atoms with E-state index in [4.69, 9.17) is 9.47 Å². The summed E-state index contributed by atoms with van der Waals surface area (Å²) in [5, 5.41) is 5.58. The summed E-state index contributed by atoms with van der Waals surface area (Å²) in [5.74, 6) is -0.468. The molecule has 2 rings (SSSR count). The molecule has 26 heavy (non-hydrogen) atoms. The molecule has 140 valence electrons. The lowest BCUT2D eigenvalue weighted by atomic mass is 10.1. The van der Waals surface area contributed by atoms with E-state index >= 15 is 0 Å². The highest BCUT2D eigenvalue weighted by molar-refractivity contribution is 5.94. The maximum Gasteiger partial charge on any atom is 0.308 e. The fourth-order valence-corrected chi connectivity index (χ4v) is 2.49. The summed E-state index contributed by atoms with van der Waals surface area (Å²) in [4.78, 5) is 34.8. The maximum absolute atomic E-state index is 12.1. The molecule has 1 fully saturated rings. The van der Waals surface area contributed by atoms with Crippen LogP contribution in [-0.4, -0.2) is 44.1 Å². The number of carbonyl (C=O) groups is 3. The fourth-order valence-electron chi connectivity index (χ4n) is 2.49. The predicted octanol–water partition coefficient (Wildman–Crippen LogP) is 1.58. The van der Waals surface area contributed by atoms with Crippen molar-refractivity contribution in [2.24, 2.45) is 0 Å². The Morgan fingerprint density at radius 2 is 1.88 bits per heavy atom. The monoisotopic (exact) mass is 360 g/mol. The Bertz CT molecular complexity index is 676. The van der Waals surface area contributed by atoms with Gasteiger partial charge in [-0.15, -0.1) is 0 Å². The average molecular weight is 360 g/mol. The van der Waals surface area contributed by atoms with Gasteiger partial charge in [0, 0.05) is 31.7 Å². The van der Waals surface area contributed by atoms with Crippen molar-refractivity contribution in [3.05, 3.63) is 41.5 Å². The van der Waals surface area contributed by atoms with Crippen LogP contribution in [0.15, 0.2) is 35.9 Å². The Morgan fingerprint density at radius 1 is 1.15 bits per heavy atom. The van der Waals surface area contributed by atoms with E-state index < -0.39 is 5.97 Å². The van der Waals surface area contributed by atoms with E-state index in [9.17, 15) is 14.4 Å². The van der Waals surface area contributed by atoms with Gasteiger partial charge in [-0.25, -0.2) is 0 Å². The summed E-state index contributed by atoms with van der Waals surface area (Å²) in [6.07, 6.45) is 3.86. The highest BCUT2D eigenvalue weighted by Gasteiger charge is 2.08. The lowest BCUT2D eigenvalue weighted by Crippen LogP contribution is -2.29. The largest absolute Gasteiger partial charge is 0.427 e. The summed E-state index contributed by atoms with van der Waals surface area (Å²) >= 11 is 0. The summed E-state index contributed by atoms with van der Waals surface area (Å²) < 4.78 is 10.2. The number of ether oxygens (including phenoxy) is 2. The molecule has 7 nitrogen and oxygen atoms in total. The van der Waals surface area contributed by atoms with Gasteiger partial charge in [0.15, 0.2) is 0 Å². The molecule has 1 aliphatic heterocycles. The molecular weight excluding hydrogens is 336 g/mol. The van der Waals surface area contributed by atoms with Gasteiger partial charge >= 0.3 is 5.97 Å². The zero-order valence-corrected chi connectivity index (χ0v) is 14.9. The van der Waals surface area contributed by atoms with Gasteiger partial charge in [-0.1, -0.05) is 11.6 Å². The molecule has 0 spiro atoms. The van der Waals surface area contributed by atoms with Crippen molar-refractivity contribution in [1.29, 1.82) is 0 Å². The molecule has 1 aromatic carbocycles. The van der Waals surface area contributed by atoms with Crippen LogP contribution in [0.2, 0.25) is 0 Å². The average Bonchev–Trinajstić information content (AvgIpc) is 2.61. The van der Waals surface area contributed by atoms with Crippen molar-refractivity contribution in [2.75, 3.05) is 26.3 Å². The second kappa shape index (κ2) is 10.4. The van der Waals surface area contributed by atoms with Gasteiger partial charge in [-0.2, -0.15) is 0 Å². The Balaban J connectivity index is 1.67. The normalized spacial score (nSPS) is 13.7. The number of carbonyl (C=O) groups excluding carboxylic acids is 3. The van der Waals surface area contributed by atoms with E-state index in [2.05, 4.69) is 10.6 Å². The van der Waals surface area contributed by atoms with Crippen molar-refractivity contribution in [2.45, 2.75) is 26.2 Å². The zero-order valence-electron chi connectivity index (χ0n) is 14.9. The molecular formula is C19H24N2O5. The van der Waals surface area contributed by atoms with Crippen molar-refractivity contribution in [3.63, 3.8) is 0 Å². The first-order valence-corrected chi connectivity index (χ1v) is 8.66. The molecule has 7 heteroatoms. The van der Waals surface area contributed by atoms with Gasteiger partial charge in [0.25, 0.3) is 5.91 Å². The van der Waals surface area contributed by atoms with E-state index in [1.807, 2.05) is 0 Å². The number of nitrogens with one attached hydrogen (secondary N) is 2. The van der Waals surface area contributed by atoms with E-state index in [0.29, 0.717) is 44.0 Å². The fraction of sp³-hybridized carbons (Fsp3) is 0.421. The Hall–Kier alpha value is -2.67. The Kier molecular flexibility index (Phi) is 7.82. The Morgan fingerprint density at radius 3 is 2.62 bits per heavy atom. The molecule has 0 aliphatic carbocycles. The molecule has 2 N–H and O–H groups in total. The smallest absolute Gasteiger partial charge is 0.308 e. The molecule has 0 radical (unpaired) electrons. The van der Waals surface area contributed by atoms with Crippen molar-refractivity contribution in [1.82, 2.24) is 10.6 Å². The molecule has 2 amide bonds. The summed E-state index contributed by atoms with van der Waals surface area (Å²) in [7, 11) is 0. The second-order valence-electron chi connectivity index (χ2n) is 5.94. The zero-order chi connectivity index (χ0) is 18.8. The second-order valence-corrected chi connectivity index (χ2v) is 5.94. The number of amides is 2. The molecule has 0 bridgehead atoms. The van der Waals surface area contributed by atoms with Gasteiger partial charge < -0.3 is 20.1 Å². The maximum atomic E-state index is 12.1. The van der Waals surface area contributed by atoms with Crippen LogP contribution in [-0.2, 0) is 14.3 Å². The van der Waals surface area contributed by atoms with Gasteiger partial charge in [0.2, 0.25) is 5.91 Å². The minimum atomic E-state index is -0.436. The summed E-state index contributed by atoms with van der Waals surface area (Å²) in [5.41, 5.74) is 1.52. The van der Waals surface area contributed by atoms with Crippen LogP contribution in [0, 0.1) is 0 Å². The van der Waals surface area contributed by atoms with E-state index in [-0.39, 0.29) is 11.8 Å². The SMILES string of the molecule is CC(=O)Oc1cccc(C(=O)NCCCNC(=O)C=C2CCOCC2)c1. The van der Waals surface area contributed by atoms with Gasteiger partial charge in [-0.3, -0.25) is 14.4 Å². The third-order valence-electron chi connectivity index (χ3n) is 3.77. The molecule has 1 aromatic rings. The molecule has 0 atom stereocenters. The van der Waals surface area contributed by atoms with Gasteiger partial charge in [0.05, 0.1) is 13.2 Å². The molecule has 0 unspecified atom stereocenters. The summed E-state index contributed by atoms with van der Waals surface area (Å²) in [6.45, 7) is 3.56. The Labute approximate surface area is 152 Å². The number of benzene rings is 1. The minimum Gasteiger partial charge on any atom is -0.427 e. The first kappa shape index (κ1) is 19.7. The van der Waals surface area contributed by atoms with Gasteiger partial charge in [-0.05, 0) is 37.5 Å². The third-order valence-corrected chi connectivity index (χ3v) is 3.77. The molecule has 1 saturated heterocycles. The number of hydrogen-bond acceptors (Lipinski definition) is 5. The van der Waals surface area contributed by atoms with Crippen LogP contribution < -0.4 is 15.4 Å². The number of hydrogen-bond donors (Lipinski definition) is 2. The lowest BCUT2D eigenvalue weighted by Gasteiger charge is -2.14. The molecule has 1 aliphatic rings. The topological polar surface area (TPSA) is 93.7 Å². The number of esters is 1. The quantitative estimate of drug-likeness (QED) is 0.333. The van der Waals surface area contributed by atoms with Crippen LogP contribution in [0.1, 0.15) is 36.5 Å². The predicted molar refractivity (Wildman–Crippen MR) is 95.8 cm³/mol. The van der Waals surface area contributed by atoms with Crippen molar-refractivity contribution >= 4 is 17.8 Å². The molecule has 0 saturated carbocycles. The van der Waals surface area contributed by atoms with E-state index in [1.54, 1.807) is 24.3 Å².